The summed E-state index contributed by atoms with van der Waals surface area (Å²) in [7, 11) is 0. The topological polar surface area (TPSA) is 72.2 Å². The van der Waals surface area contributed by atoms with Crippen molar-refractivity contribution in [3.63, 3.8) is 0 Å². The number of nitrogens with one attached hydrogen (secondary N) is 1. The molecule has 0 aromatic heterocycles. The molecule has 0 fully saturated rings. The van der Waals surface area contributed by atoms with Crippen LogP contribution in [0.15, 0.2) is 66.7 Å². The maximum atomic E-state index is 13.2. The Morgan fingerprint density at radius 3 is 2.29 bits per heavy atom. The summed E-state index contributed by atoms with van der Waals surface area (Å²) in [5.41, 5.74) is 4.53. The van der Waals surface area contributed by atoms with Gasteiger partial charge in [0.05, 0.1) is 11.1 Å². The highest BCUT2D eigenvalue weighted by Gasteiger charge is 2.35. The van der Waals surface area contributed by atoms with E-state index in [0.29, 0.717) is 0 Å². The molecule has 2 amide bonds. The Kier molecular flexibility index (Phi) is 5.35. The quantitative estimate of drug-likeness (QED) is 0.702. The summed E-state index contributed by atoms with van der Waals surface area (Å²) in [6.45, 7) is 0. The lowest BCUT2D eigenvalue weighted by Gasteiger charge is -2.18. The third-order valence-electron chi connectivity index (χ3n) is 4.43. The number of alkyl halides is 3. The minimum absolute atomic E-state index is 0.0661. The van der Waals surface area contributed by atoms with Crippen molar-refractivity contribution in [1.29, 1.82) is 0 Å². The third-order valence-corrected chi connectivity index (χ3v) is 4.43. The number of fused-ring (bicyclic) bond motifs is 1. The fourth-order valence-electron chi connectivity index (χ4n) is 3.08. The zero-order valence-electron chi connectivity index (χ0n) is 14.7. The number of hydrogen-bond acceptors (Lipinski definition) is 2. The van der Waals surface area contributed by atoms with Crippen LogP contribution in [0, 0.1) is 0 Å². The lowest BCUT2D eigenvalue weighted by Crippen LogP contribution is -2.46. The number of amides is 2. The predicted octanol–water partition coefficient (Wildman–Crippen LogP) is 3.69. The van der Waals surface area contributed by atoms with Gasteiger partial charge in [-0.05, 0) is 28.5 Å². The first-order chi connectivity index (χ1) is 13.3. The minimum Gasteiger partial charge on any atom is -0.368 e. The van der Waals surface area contributed by atoms with Crippen molar-refractivity contribution in [3.8, 4) is 0 Å². The van der Waals surface area contributed by atoms with E-state index in [1.807, 2.05) is 30.3 Å². The average molecular weight is 386 g/mol. The van der Waals surface area contributed by atoms with E-state index in [0.717, 1.165) is 28.5 Å². The maximum Gasteiger partial charge on any atom is 0.417 e. The number of rotatable bonds is 5. The third kappa shape index (κ3) is 4.14. The Bertz CT molecular complexity index is 1030. The summed E-state index contributed by atoms with van der Waals surface area (Å²) in [6, 6.07) is 16.2. The van der Waals surface area contributed by atoms with Gasteiger partial charge in [-0.2, -0.15) is 13.2 Å². The fourth-order valence-corrected chi connectivity index (χ4v) is 3.08. The zero-order valence-corrected chi connectivity index (χ0v) is 14.7. The molecule has 0 saturated heterocycles. The van der Waals surface area contributed by atoms with Crippen molar-refractivity contribution < 1.29 is 22.8 Å². The smallest absolute Gasteiger partial charge is 0.368 e. The Balaban J connectivity index is 1.89. The number of primary amides is 1. The van der Waals surface area contributed by atoms with Gasteiger partial charge in [-0.15, -0.1) is 0 Å². The number of carbonyl (C=O) groups is 2. The molecule has 3 aromatic rings. The van der Waals surface area contributed by atoms with Gasteiger partial charge in [0.15, 0.2) is 0 Å². The van der Waals surface area contributed by atoms with Gasteiger partial charge in [0, 0.05) is 6.42 Å². The molecule has 3 N–H and O–H groups in total. The van der Waals surface area contributed by atoms with Crippen LogP contribution in [-0.2, 0) is 17.4 Å². The second kappa shape index (κ2) is 7.72. The number of hydrogen-bond donors (Lipinski definition) is 2. The van der Waals surface area contributed by atoms with Crippen LogP contribution in [0.3, 0.4) is 0 Å². The Morgan fingerprint density at radius 2 is 1.57 bits per heavy atom. The standard InChI is InChI=1S/C21H17F3N2O2/c22-21(23,24)17-11-4-3-10-16(17)20(28)26-18(19(25)27)12-14-8-5-7-13-6-1-2-9-15(13)14/h1-11,18H,12H2,(H2,25,27)(H,26,28)/t18-/m0/s1. The normalized spacial score (nSPS) is 12.5. The van der Waals surface area contributed by atoms with E-state index in [9.17, 15) is 22.8 Å². The Morgan fingerprint density at radius 1 is 0.929 bits per heavy atom. The highest BCUT2D eigenvalue weighted by atomic mass is 19.4. The van der Waals surface area contributed by atoms with E-state index < -0.39 is 35.2 Å². The summed E-state index contributed by atoms with van der Waals surface area (Å²) < 4.78 is 39.5. The molecule has 0 bridgehead atoms. The second-order valence-corrected chi connectivity index (χ2v) is 6.31. The van der Waals surface area contributed by atoms with Gasteiger partial charge in [0.1, 0.15) is 6.04 Å². The monoisotopic (exact) mass is 386 g/mol. The molecule has 0 saturated carbocycles. The van der Waals surface area contributed by atoms with Gasteiger partial charge >= 0.3 is 6.18 Å². The molecule has 144 valence electrons. The van der Waals surface area contributed by atoms with Crippen LogP contribution in [0.25, 0.3) is 10.8 Å². The zero-order chi connectivity index (χ0) is 20.3. The maximum absolute atomic E-state index is 13.2. The molecule has 4 nitrogen and oxygen atoms in total. The highest BCUT2D eigenvalue weighted by Crippen LogP contribution is 2.31. The van der Waals surface area contributed by atoms with Crippen LogP contribution in [0.2, 0.25) is 0 Å². The van der Waals surface area contributed by atoms with Gasteiger partial charge in [0.25, 0.3) is 5.91 Å². The molecule has 0 unspecified atom stereocenters. The van der Waals surface area contributed by atoms with E-state index in [2.05, 4.69) is 5.32 Å². The van der Waals surface area contributed by atoms with Crippen LogP contribution in [-0.4, -0.2) is 17.9 Å². The molecule has 3 rings (SSSR count). The van der Waals surface area contributed by atoms with Crippen molar-refractivity contribution in [2.24, 2.45) is 5.73 Å². The summed E-state index contributed by atoms with van der Waals surface area (Å²) >= 11 is 0. The number of nitrogens with two attached hydrogens (primary N) is 1. The van der Waals surface area contributed by atoms with Gasteiger partial charge in [-0.3, -0.25) is 9.59 Å². The van der Waals surface area contributed by atoms with Crippen molar-refractivity contribution in [3.05, 3.63) is 83.4 Å². The van der Waals surface area contributed by atoms with Gasteiger partial charge in [-0.1, -0.05) is 54.6 Å². The molecule has 0 heterocycles. The van der Waals surface area contributed by atoms with Crippen molar-refractivity contribution in [1.82, 2.24) is 5.32 Å². The fraction of sp³-hybridized carbons (Fsp3) is 0.143. The molecule has 0 aliphatic heterocycles. The molecule has 7 heteroatoms. The summed E-state index contributed by atoms with van der Waals surface area (Å²) in [4.78, 5) is 24.3. The number of benzene rings is 3. The van der Waals surface area contributed by atoms with Gasteiger partial charge in [0.2, 0.25) is 5.91 Å². The van der Waals surface area contributed by atoms with Crippen LogP contribution < -0.4 is 11.1 Å². The first-order valence-corrected chi connectivity index (χ1v) is 8.50. The molecule has 28 heavy (non-hydrogen) atoms. The lowest BCUT2D eigenvalue weighted by molar-refractivity contribution is -0.137. The largest absolute Gasteiger partial charge is 0.417 e. The van der Waals surface area contributed by atoms with E-state index in [-0.39, 0.29) is 6.42 Å². The van der Waals surface area contributed by atoms with Crippen LogP contribution in [0.1, 0.15) is 21.5 Å². The second-order valence-electron chi connectivity index (χ2n) is 6.31. The first kappa shape index (κ1) is 19.4. The van der Waals surface area contributed by atoms with Crippen molar-refractivity contribution >= 4 is 22.6 Å². The Hall–Kier alpha value is -3.35. The first-order valence-electron chi connectivity index (χ1n) is 8.50. The molecular formula is C21H17F3N2O2. The summed E-state index contributed by atoms with van der Waals surface area (Å²) in [5.74, 6) is -1.83. The van der Waals surface area contributed by atoms with E-state index in [4.69, 9.17) is 5.73 Å². The molecule has 0 radical (unpaired) electrons. The number of carbonyl (C=O) groups excluding carboxylic acids is 2. The number of halogens is 3. The van der Waals surface area contributed by atoms with Crippen molar-refractivity contribution in [2.45, 2.75) is 18.6 Å². The van der Waals surface area contributed by atoms with Crippen LogP contribution in [0.5, 0.6) is 0 Å². The van der Waals surface area contributed by atoms with E-state index in [1.54, 1.807) is 12.1 Å². The average Bonchev–Trinajstić information content (AvgIpc) is 2.67. The molecule has 1 atom stereocenters. The highest BCUT2D eigenvalue weighted by molar-refractivity contribution is 5.99. The molecule has 0 spiro atoms. The van der Waals surface area contributed by atoms with Gasteiger partial charge < -0.3 is 11.1 Å². The predicted molar refractivity (Wildman–Crippen MR) is 99.5 cm³/mol. The van der Waals surface area contributed by atoms with Crippen molar-refractivity contribution in [2.75, 3.05) is 0 Å². The molecule has 0 aliphatic carbocycles. The minimum atomic E-state index is -4.69. The Labute approximate surface area is 159 Å². The molecule has 0 aliphatic rings. The summed E-state index contributed by atoms with van der Waals surface area (Å²) in [5, 5.41) is 4.16. The lowest BCUT2D eigenvalue weighted by atomic mass is 9.98. The molecular weight excluding hydrogens is 369 g/mol. The van der Waals surface area contributed by atoms with Crippen LogP contribution in [0.4, 0.5) is 13.2 Å². The van der Waals surface area contributed by atoms with Gasteiger partial charge in [-0.25, -0.2) is 0 Å². The SMILES string of the molecule is NC(=O)[C@H](Cc1cccc2ccccc12)NC(=O)c1ccccc1C(F)(F)F. The van der Waals surface area contributed by atoms with E-state index in [1.165, 1.54) is 12.1 Å². The molecule has 3 aromatic carbocycles. The van der Waals surface area contributed by atoms with Crippen LogP contribution >= 0.6 is 0 Å². The van der Waals surface area contributed by atoms with E-state index >= 15 is 0 Å². The summed E-state index contributed by atoms with van der Waals surface area (Å²) in [6.07, 6.45) is -4.62.